The van der Waals surface area contributed by atoms with Gasteiger partial charge in [0.15, 0.2) is 0 Å². The molecule has 0 heterocycles. The summed E-state index contributed by atoms with van der Waals surface area (Å²) in [7, 11) is 0. The summed E-state index contributed by atoms with van der Waals surface area (Å²) in [4.78, 5) is 10.9. The summed E-state index contributed by atoms with van der Waals surface area (Å²) in [6, 6.07) is -0.406. The Kier molecular flexibility index (Phi) is 6.62. The minimum absolute atomic E-state index is 0.267. The zero-order valence-corrected chi connectivity index (χ0v) is 8.71. The molecule has 2 N–H and O–H groups in total. The minimum atomic E-state index is -0.406. The van der Waals surface area contributed by atoms with Crippen molar-refractivity contribution in [3.8, 4) is 0 Å². The number of esters is 1. The van der Waals surface area contributed by atoms with Crippen molar-refractivity contribution in [2.24, 2.45) is 5.73 Å². The van der Waals surface area contributed by atoms with Gasteiger partial charge >= 0.3 is 73.3 Å². The molecule has 0 bridgehead atoms. The third-order valence-corrected chi connectivity index (χ3v) is 2.57. The summed E-state index contributed by atoms with van der Waals surface area (Å²) in [6.07, 6.45) is 0.759. The monoisotopic (exact) mass is 225 g/mol. The number of carbonyl (C=O) groups is 1. The fourth-order valence-corrected chi connectivity index (χ4v) is 1.64. The first-order chi connectivity index (χ1) is 5.22. The van der Waals surface area contributed by atoms with Crippen molar-refractivity contribution in [2.45, 2.75) is 30.5 Å². The number of hydrogen-bond donors (Lipinski definition) is 1. The molecule has 0 spiro atoms. The Morgan fingerprint density at radius 3 is 2.82 bits per heavy atom. The van der Waals surface area contributed by atoms with E-state index < -0.39 is 6.04 Å². The molecule has 0 fully saturated rings. The molecule has 0 aliphatic rings. The van der Waals surface area contributed by atoms with Gasteiger partial charge in [-0.2, -0.15) is 0 Å². The zero-order chi connectivity index (χ0) is 8.69. The van der Waals surface area contributed by atoms with Crippen LogP contribution in [0.25, 0.3) is 0 Å². The molecule has 0 aliphatic carbocycles. The Morgan fingerprint density at radius 2 is 2.36 bits per heavy atom. The summed E-state index contributed by atoms with van der Waals surface area (Å²) in [5, 5.41) is 1.05. The van der Waals surface area contributed by atoms with E-state index in [-0.39, 0.29) is 5.97 Å². The molecule has 0 aromatic heterocycles. The van der Waals surface area contributed by atoms with Crippen LogP contribution < -0.4 is 5.73 Å². The van der Waals surface area contributed by atoms with Crippen molar-refractivity contribution in [2.75, 3.05) is 6.61 Å². The first-order valence-electron chi connectivity index (χ1n) is 3.63. The van der Waals surface area contributed by atoms with Crippen molar-refractivity contribution in [3.05, 3.63) is 0 Å². The number of carbonyl (C=O) groups excluding carboxylic acids is 1. The van der Waals surface area contributed by atoms with Crippen LogP contribution in [0.2, 0.25) is 11.1 Å². The number of hydrogen-bond acceptors (Lipinski definition) is 3. The second-order valence-electron chi connectivity index (χ2n) is 2.14. The third kappa shape index (κ3) is 5.24. The third-order valence-electron chi connectivity index (χ3n) is 1.22. The van der Waals surface area contributed by atoms with Gasteiger partial charge in [-0.1, -0.05) is 0 Å². The van der Waals surface area contributed by atoms with E-state index in [0.717, 1.165) is 11.7 Å². The van der Waals surface area contributed by atoms with Gasteiger partial charge in [-0.05, 0) is 0 Å². The second kappa shape index (κ2) is 6.65. The standard InChI is InChI=1S/C7H15NO2Se/c1-3-10-7(9)6(8)4-5-11-2/h6H,3-5,8H2,1-2H3/t6-/m1/s1. The van der Waals surface area contributed by atoms with Gasteiger partial charge in [-0.25, -0.2) is 0 Å². The Balaban J connectivity index is 3.46. The van der Waals surface area contributed by atoms with Crippen molar-refractivity contribution in [1.29, 1.82) is 0 Å². The van der Waals surface area contributed by atoms with Gasteiger partial charge in [0, 0.05) is 0 Å². The SMILES string of the molecule is CCOC(=O)[C@H](N)CC[Se]C. The fraction of sp³-hybridized carbons (Fsp3) is 0.857. The topological polar surface area (TPSA) is 52.3 Å². The Bertz CT molecular complexity index is 119. The van der Waals surface area contributed by atoms with Crippen LogP contribution in [0.5, 0.6) is 0 Å². The summed E-state index contributed by atoms with van der Waals surface area (Å²) in [5.41, 5.74) is 5.52. The van der Waals surface area contributed by atoms with Gasteiger partial charge in [0.25, 0.3) is 0 Å². The van der Waals surface area contributed by atoms with E-state index >= 15 is 0 Å². The maximum absolute atomic E-state index is 10.9. The first-order valence-corrected chi connectivity index (χ1v) is 6.56. The van der Waals surface area contributed by atoms with E-state index in [2.05, 4.69) is 5.82 Å². The average molecular weight is 224 g/mol. The molecule has 1 atom stereocenters. The molecule has 66 valence electrons. The van der Waals surface area contributed by atoms with Crippen LogP contribution in [0, 0.1) is 0 Å². The quantitative estimate of drug-likeness (QED) is 0.544. The molecule has 4 heteroatoms. The molecule has 0 amide bonds. The predicted molar refractivity (Wildman–Crippen MR) is 45.7 cm³/mol. The molecular weight excluding hydrogens is 209 g/mol. The van der Waals surface area contributed by atoms with Crippen LogP contribution in [0.3, 0.4) is 0 Å². The molecule has 0 unspecified atom stereocenters. The summed E-state index contributed by atoms with van der Waals surface area (Å²) in [5.74, 6) is 1.86. The van der Waals surface area contributed by atoms with Crippen molar-refractivity contribution >= 4 is 20.9 Å². The van der Waals surface area contributed by atoms with Crippen LogP contribution in [-0.2, 0) is 9.53 Å². The Morgan fingerprint density at radius 1 is 1.73 bits per heavy atom. The molecular formula is C7H15NO2Se. The second-order valence-corrected chi connectivity index (χ2v) is 4.21. The Labute approximate surface area is 73.8 Å². The van der Waals surface area contributed by atoms with Crippen molar-refractivity contribution < 1.29 is 9.53 Å². The van der Waals surface area contributed by atoms with Crippen LogP contribution in [0.15, 0.2) is 0 Å². The van der Waals surface area contributed by atoms with Gasteiger partial charge in [0.2, 0.25) is 0 Å². The van der Waals surface area contributed by atoms with Gasteiger partial charge in [-0.15, -0.1) is 0 Å². The normalized spacial score (nSPS) is 12.6. The van der Waals surface area contributed by atoms with Crippen LogP contribution in [0.4, 0.5) is 0 Å². The van der Waals surface area contributed by atoms with E-state index in [9.17, 15) is 4.79 Å². The first kappa shape index (κ1) is 10.9. The molecule has 0 aliphatic heterocycles. The van der Waals surface area contributed by atoms with E-state index in [4.69, 9.17) is 10.5 Å². The number of nitrogens with two attached hydrogens (primary N) is 1. The maximum atomic E-state index is 10.9. The summed E-state index contributed by atoms with van der Waals surface area (Å²) >= 11 is 0.601. The van der Waals surface area contributed by atoms with Gasteiger partial charge < -0.3 is 0 Å². The van der Waals surface area contributed by atoms with E-state index in [0.29, 0.717) is 21.6 Å². The predicted octanol–water partition coefficient (Wildman–Crippen LogP) is 0.437. The summed E-state index contributed by atoms with van der Waals surface area (Å²) in [6.45, 7) is 2.21. The van der Waals surface area contributed by atoms with Gasteiger partial charge in [0.1, 0.15) is 0 Å². The summed E-state index contributed by atoms with van der Waals surface area (Å²) < 4.78 is 4.74. The molecule has 0 radical (unpaired) electrons. The molecule has 3 nitrogen and oxygen atoms in total. The molecule has 0 rings (SSSR count). The molecule has 11 heavy (non-hydrogen) atoms. The molecule has 0 saturated carbocycles. The van der Waals surface area contributed by atoms with Crippen LogP contribution >= 0.6 is 0 Å². The Hall–Kier alpha value is -0.0505. The number of ether oxygens (including phenoxy) is 1. The van der Waals surface area contributed by atoms with E-state index in [1.54, 1.807) is 6.92 Å². The average Bonchev–Trinajstić information content (AvgIpc) is 2.00. The van der Waals surface area contributed by atoms with Crippen LogP contribution in [0.1, 0.15) is 13.3 Å². The zero-order valence-electron chi connectivity index (χ0n) is 7.00. The van der Waals surface area contributed by atoms with Gasteiger partial charge in [-0.3, -0.25) is 0 Å². The molecule has 0 aromatic carbocycles. The van der Waals surface area contributed by atoms with E-state index in [1.807, 2.05) is 0 Å². The molecule has 0 aromatic rings. The fourth-order valence-electron chi connectivity index (χ4n) is 0.612. The van der Waals surface area contributed by atoms with Crippen molar-refractivity contribution in [1.82, 2.24) is 0 Å². The van der Waals surface area contributed by atoms with E-state index in [1.165, 1.54) is 0 Å². The number of rotatable bonds is 5. The van der Waals surface area contributed by atoms with Gasteiger partial charge in [0.05, 0.1) is 0 Å². The molecule has 0 saturated heterocycles. The van der Waals surface area contributed by atoms with Crippen LogP contribution in [-0.4, -0.2) is 33.6 Å². The van der Waals surface area contributed by atoms with Crippen molar-refractivity contribution in [3.63, 3.8) is 0 Å².